The van der Waals surface area contributed by atoms with E-state index >= 15 is 0 Å². The van der Waals surface area contributed by atoms with E-state index in [9.17, 15) is 14.7 Å². The van der Waals surface area contributed by atoms with Crippen molar-refractivity contribution >= 4 is 12.1 Å². The molecule has 2 saturated carbocycles. The van der Waals surface area contributed by atoms with Crippen molar-refractivity contribution < 1.29 is 19.4 Å². The summed E-state index contributed by atoms with van der Waals surface area (Å²) in [6.07, 6.45) is 4.65. The first-order valence-corrected chi connectivity index (χ1v) is 10.9. The van der Waals surface area contributed by atoms with Crippen molar-refractivity contribution in [1.82, 2.24) is 5.32 Å². The smallest absolute Gasteiger partial charge is 0.407 e. The van der Waals surface area contributed by atoms with E-state index in [-0.39, 0.29) is 24.9 Å². The van der Waals surface area contributed by atoms with E-state index in [1.807, 2.05) is 24.3 Å². The number of hydrogen-bond acceptors (Lipinski definition) is 3. The maximum absolute atomic E-state index is 12.8. The van der Waals surface area contributed by atoms with Crippen LogP contribution < -0.4 is 5.32 Å². The van der Waals surface area contributed by atoms with Crippen LogP contribution in [0.1, 0.15) is 55.6 Å². The highest BCUT2D eigenvalue weighted by Crippen LogP contribution is 2.53. The minimum Gasteiger partial charge on any atom is -0.481 e. The van der Waals surface area contributed by atoms with Gasteiger partial charge in [0.2, 0.25) is 0 Å². The third-order valence-corrected chi connectivity index (χ3v) is 7.41. The molecule has 0 aliphatic heterocycles. The van der Waals surface area contributed by atoms with E-state index in [0.29, 0.717) is 5.92 Å². The Balaban J connectivity index is 1.30. The molecule has 0 aromatic heterocycles. The molecule has 3 atom stereocenters. The molecule has 2 fully saturated rings. The average Bonchev–Trinajstić information content (AvgIpc) is 3.05. The highest BCUT2D eigenvalue weighted by molar-refractivity contribution is 5.79. The Morgan fingerprint density at radius 1 is 1.00 bits per heavy atom. The van der Waals surface area contributed by atoms with Crippen LogP contribution in [0.5, 0.6) is 0 Å². The predicted octanol–water partition coefficient (Wildman–Crippen LogP) is 4.95. The molecule has 0 heterocycles. The lowest BCUT2D eigenvalue weighted by molar-refractivity contribution is -0.143. The third kappa shape index (κ3) is 3.17. The minimum absolute atomic E-state index is 0.00222. The molecule has 0 radical (unpaired) electrons. The molecule has 2 aromatic carbocycles. The van der Waals surface area contributed by atoms with Gasteiger partial charge in [0.15, 0.2) is 0 Å². The third-order valence-electron chi connectivity index (χ3n) is 7.41. The first-order chi connectivity index (χ1) is 14.6. The van der Waals surface area contributed by atoms with Gasteiger partial charge in [0.25, 0.3) is 0 Å². The van der Waals surface area contributed by atoms with Gasteiger partial charge >= 0.3 is 12.1 Å². The molecular formula is C25H27NO4. The number of ether oxygens (including phenoxy) is 1. The Morgan fingerprint density at radius 3 is 2.27 bits per heavy atom. The lowest BCUT2D eigenvalue weighted by Crippen LogP contribution is -2.66. The summed E-state index contributed by atoms with van der Waals surface area (Å²) in [7, 11) is 0. The molecule has 2 N–H and O–H groups in total. The number of carbonyl (C=O) groups excluding carboxylic acids is 1. The molecule has 0 spiro atoms. The number of carboxylic acid groups (broad SMARTS) is 1. The zero-order chi connectivity index (χ0) is 20.7. The summed E-state index contributed by atoms with van der Waals surface area (Å²) in [6, 6.07) is 16.5. The topological polar surface area (TPSA) is 75.6 Å². The predicted molar refractivity (Wildman–Crippen MR) is 113 cm³/mol. The van der Waals surface area contributed by atoms with Gasteiger partial charge in [-0.15, -0.1) is 0 Å². The summed E-state index contributed by atoms with van der Waals surface area (Å²) >= 11 is 0. The fraction of sp³-hybridized carbons (Fsp3) is 0.440. The number of rotatable bonds is 5. The van der Waals surface area contributed by atoms with Crippen LogP contribution in [0.4, 0.5) is 4.79 Å². The molecule has 156 valence electrons. The Kier molecular flexibility index (Phi) is 4.76. The van der Waals surface area contributed by atoms with Gasteiger partial charge in [-0.3, -0.25) is 4.79 Å². The van der Waals surface area contributed by atoms with Gasteiger partial charge in [-0.05, 0) is 46.9 Å². The van der Waals surface area contributed by atoms with Crippen molar-refractivity contribution in [1.29, 1.82) is 0 Å². The van der Waals surface area contributed by atoms with Crippen molar-refractivity contribution in [3.8, 4) is 11.1 Å². The zero-order valence-electron chi connectivity index (χ0n) is 17.0. The Hall–Kier alpha value is -2.82. The van der Waals surface area contributed by atoms with Crippen LogP contribution >= 0.6 is 0 Å². The van der Waals surface area contributed by atoms with Gasteiger partial charge in [-0.1, -0.05) is 67.8 Å². The lowest BCUT2D eigenvalue weighted by Gasteiger charge is -2.57. The Bertz CT molecular complexity index is 941. The minimum atomic E-state index is -0.863. The molecule has 3 aliphatic carbocycles. The number of alkyl carbamates (subject to hydrolysis) is 1. The first kappa shape index (κ1) is 19.2. The molecule has 1 amide bonds. The van der Waals surface area contributed by atoms with Gasteiger partial charge in [0, 0.05) is 5.92 Å². The van der Waals surface area contributed by atoms with Crippen LogP contribution in [0.3, 0.4) is 0 Å². The maximum Gasteiger partial charge on any atom is 0.407 e. The molecule has 3 aliphatic rings. The van der Waals surface area contributed by atoms with E-state index in [4.69, 9.17) is 4.74 Å². The second-order valence-electron chi connectivity index (χ2n) is 9.03. The van der Waals surface area contributed by atoms with E-state index < -0.39 is 17.6 Å². The molecular weight excluding hydrogens is 378 g/mol. The average molecular weight is 405 g/mol. The van der Waals surface area contributed by atoms with Gasteiger partial charge < -0.3 is 15.2 Å². The van der Waals surface area contributed by atoms with E-state index in [1.54, 1.807) is 0 Å². The first-order valence-electron chi connectivity index (χ1n) is 10.9. The van der Waals surface area contributed by atoms with Crippen LogP contribution in [0.15, 0.2) is 48.5 Å². The zero-order valence-corrected chi connectivity index (χ0v) is 17.0. The van der Waals surface area contributed by atoms with Crippen molar-refractivity contribution in [2.75, 3.05) is 6.61 Å². The quantitative estimate of drug-likeness (QED) is 0.738. The molecule has 3 unspecified atom stereocenters. The van der Waals surface area contributed by atoms with Crippen LogP contribution in [0.2, 0.25) is 0 Å². The van der Waals surface area contributed by atoms with Crippen LogP contribution in [-0.2, 0) is 9.53 Å². The summed E-state index contributed by atoms with van der Waals surface area (Å²) in [5.74, 6) is -0.0739. The molecule has 5 heteroatoms. The molecule has 5 rings (SSSR count). The van der Waals surface area contributed by atoms with Crippen LogP contribution in [-0.4, -0.2) is 29.3 Å². The number of fused-ring (bicyclic) bond motifs is 4. The Labute approximate surface area is 176 Å². The van der Waals surface area contributed by atoms with E-state index in [0.717, 1.165) is 25.7 Å². The monoisotopic (exact) mass is 405 g/mol. The van der Waals surface area contributed by atoms with E-state index in [2.05, 4.69) is 29.6 Å². The fourth-order valence-corrected chi connectivity index (χ4v) is 6.14. The normalized spacial score (nSPS) is 26.7. The van der Waals surface area contributed by atoms with Crippen molar-refractivity contribution in [3.05, 3.63) is 59.7 Å². The number of nitrogens with one attached hydrogen (secondary N) is 1. The molecule has 0 saturated heterocycles. The fourth-order valence-electron chi connectivity index (χ4n) is 6.14. The number of carbonyl (C=O) groups is 2. The summed E-state index contributed by atoms with van der Waals surface area (Å²) in [6.45, 7) is 0.247. The van der Waals surface area contributed by atoms with Gasteiger partial charge in [-0.25, -0.2) is 4.79 Å². The number of amides is 1. The summed E-state index contributed by atoms with van der Waals surface area (Å²) in [5, 5.41) is 12.4. The lowest BCUT2D eigenvalue weighted by atomic mass is 9.53. The van der Waals surface area contributed by atoms with Gasteiger partial charge in [0.1, 0.15) is 6.61 Å². The number of hydrogen-bond donors (Lipinski definition) is 2. The van der Waals surface area contributed by atoms with Crippen LogP contribution in [0, 0.1) is 11.8 Å². The number of carboxylic acids is 1. The molecule has 30 heavy (non-hydrogen) atoms. The highest BCUT2D eigenvalue weighted by Gasteiger charge is 2.56. The number of benzene rings is 2. The van der Waals surface area contributed by atoms with Crippen molar-refractivity contribution in [3.63, 3.8) is 0 Å². The van der Waals surface area contributed by atoms with E-state index in [1.165, 1.54) is 28.7 Å². The van der Waals surface area contributed by atoms with Crippen molar-refractivity contribution in [2.45, 2.75) is 50.0 Å². The highest BCUT2D eigenvalue weighted by atomic mass is 16.5. The standard InChI is InChI=1S/C25H27NO4/c27-23(28)14-25(13-16-7-1-6-12-22(16)25)26-24(29)30-15-21-19-10-4-2-8-17(19)18-9-3-5-11-20(18)21/h2-5,8-11,16,21-22H,1,6-7,12-15H2,(H,26,29)(H,27,28). The molecule has 5 nitrogen and oxygen atoms in total. The summed E-state index contributed by atoms with van der Waals surface area (Å²) in [5.41, 5.74) is 4.06. The second-order valence-corrected chi connectivity index (χ2v) is 9.03. The second kappa shape index (κ2) is 7.46. The number of aliphatic carboxylic acids is 1. The SMILES string of the molecule is O=C(O)CC1(NC(=O)OCC2c3ccccc3-c3ccccc32)CC2CCCCC21. The largest absolute Gasteiger partial charge is 0.481 e. The van der Waals surface area contributed by atoms with Gasteiger partial charge in [-0.2, -0.15) is 0 Å². The maximum atomic E-state index is 12.8. The summed E-state index contributed by atoms with van der Waals surface area (Å²) < 4.78 is 5.69. The van der Waals surface area contributed by atoms with Crippen LogP contribution in [0.25, 0.3) is 11.1 Å². The molecule has 2 aromatic rings. The van der Waals surface area contributed by atoms with Gasteiger partial charge in [0.05, 0.1) is 12.0 Å². The van der Waals surface area contributed by atoms with Crippen molar-refractivity contribution in [2.24, 2.45) is 11.8 Å². The summed E-state index contributed by atoms with van der Waals surface area (Å²) in [4.78, 5) is 24.3. The Morgan fingerprint density at radius 2 is 1.63 bits per heavy atom. The molecule has 0 bridgehead atoms.